The minimum atomic E-state index is -4.72. The molecule has 2 aromatic rings. The number of amides is 1. The highest BCUT2D eigenvalue weighted by atomic mass is 19.4. The minimum Gasteiger partial charge on any atom is -0.339 e. The van der Waals surface area contributed by atoms with Gasteiger partial charge < -0.3 is 20.1 Å². The van der Waals surface area contributed by atoms with Crippen LogP contribution in [0.5, 0.6) is 0 Å². The molecule has 0 bridgehead atoms. The number of halogens is 6. The van der Waals surface area contributed by atoms with Crippen LogP contribution >= 0.6 is 0 Å². The van der Waals surface area contributed by atoms with E-state index in [0.29, 0.717) is 57.4 Å². The molecule has 1 aliphatic heterocycles. The summed E-state index contributed by atoms with van der Waals surface area (Å²) in [6, 6.07) is 0.884. The average molecular weight is 532 g/mol. The van der Waals surface area contributed by atoms with Gasteiger partial charge in [0.2, 0.25) is 11.9 Å². The van der Waals surface area contributed by atoms with Crippen molar-refractivity contribution in [3.63, 3.8) is 0 Å². The van der Waals surface area contributed by atoms with Crippen LogP contribution < -0.4 is 15.8 Å². The summed E-state index contributed by atoms with van der Waals surface area (Å²) in [4.78, 5) is 37.6. The van der Waals surface area contributed by atoms with Crippen LogP contribution in [0.2, 0.25) is 0 Å². The first-order valence-corrected chi connectivity index (χ1v) is 11.9. The largest absolute Gasteiger partial charge is 0.421 e. The van der Waals surface area contributed by atoms with Crippen molar-refractivity contribution in [2.75, 3.05) is 31.1 Å². The summed E-state index contributed by atoms with van der Waals surface area (Å²) in [5.41, 5.74) is -3.01. The van der Waals surface area contributed by atoms with E-state index in [1.807, 2.05) is 0 Å². The predicted octanol–water partition coefficient (Wildman–Crippen LogP) is 3.20. The lowest BCUT2D eigenvalue weighted by Gasteiger charge is -2.38. The molecule has 37 heavy (non-hydrogen) atoms. The van der Waals surface area contributed by atoms with Gasteiger partial charge in [0.1, 0.15) is 5.56 Å². The summed E-state index contributed by atoms with van der Waals surface area (Å²) in [5.74, 6) is 0.0650. The Balaban J connectivity index is 1.22. The maximum atomic E-state index is 13.0. The molecule has 1 saturated heterocycles. The van der Waals surface area contributed by atoms with E-state index in [2.05, 4.69) is 20.3 Å². The van der Waals surface area contributed by atoms with Crippen molar-refractivity contribution in [1.29, 1.82) is 0 Å². The van der Waals surface area contributed by atoms with E-state index in [9.17, 15) is 35.9 Å². The zero-order valence-electron chi connectivity index (χ0n) is 19.7. The van der Waals surface area contributed by atoms with Gasteiger partial charge in [0.15, 0.2) is 0 Å². The van der Waals surface area contributed by atoms with Crippen LogP contribution in [0.1, 0.15) is 42.4 Å². The molecule has 3 heterocycles. The smallest absolute Gasteiger partial charge is 0.339 e. The van der Waals surface area contributed by atoms with Gasteiger partial charge in [-0.1, -0.05) is 0 Å². The number of carbonyl (C=O) groups excluding carboxylic acids is 1. The van der Waals surface area contributed by atoms with Crippen LogP contribution in [-0.2, 0) is 23.7 Å². The molecule has 2 fully saturated rings. The van der Waals surface area contributed by atoms with E-state index in [0.717, 1.165) is 18.5 Å². The summed E-state index contributed by atoms with van der Waals surface area (Å²) in [6.07, 6.45) is -3.83. The van der Waals surface area contributed by atoms with Gasteiger partial charge in [-0.2, -0.15) is 26.3 Å². The number of nitrogens with zero attached hydrogens (tertiary/aromatic N) is 4. The zero-order chi connectivity index (χ0) is 26.8. The van der Waals surface area contributed by atoms with Crippen LogP contribution in [0.4, 0.5) is 32.3 Å². The Morgan fingerprint density at radius 3 is 2.16 bits per heavy atom. The Morgan fingerprint density at radius 2 is 1.59 bits per heavy atom. The number of rotatable bonds is 5. The van der Waals surface area contributed by atoms with Crippen LogP contribution in [0.25, 0.3) is 0 Å². The number of pyridine rings is 1. The number of piperazine rings is 1. The number of hydrogen-bond acceptors (Lipinski definition) is 6. The van der Waals surface area contributed by atoms with Crippen molar-refractivity contribution >= 4 is 11.9 Å². The van der Waals surface area contributed by atoms with Crippen molar-refractivity contribution in [3.8, 4) is 0 Å². The minimum absolute atomic E-state index is 0.0295. The van der Waals surface area contributed by atoms with Crippen molar-refractivity contribution in [1.82, 2.24) is 25.2 Å². The molecule has 2 aliphatic rings. The second-order valence-electron chi connectivity index (χ2n) is 9.26. The maximum absolute atomic E-state index is 13.0. The summed E-state index contributed by atoms with van der Waals surface area (Å²) < 4.78 is 76.9. The van der Waals surface area contributed by atoms with E-state index < -0.39 is 29.0 Å². The molecule has 4 rings (SSSR count). The number of alkyl halides is 6. The van der Waals surface area contributed by atoms with Crippen molar-refractivity contribution < 1.29 is 31.1 Å². The molecule has 8 nitrogen and oxygen atoms in total. The van der Waals surface area contributed by atoms with Gasteiger partial charge in [0.25, 0.3) is 5.56 Å². The predicted molar refractivity (Wildman–Crippen MR) is 120 cm³/mol. The number of anilines is 1. The first-order chi connectivity index (χ1) is 17.4. The highest BCUT2D eigenvalue weighted by molar-refractivity contribution is 5.79. The Hall–Kier alpha value is -3.16. The van der Waals surface area contributed by atoms with Gasteiger partial charge in [0.05, 0.1) is 5.56 Å². The van der Waals surface area contributed by atoms with Gasteiger partial charge in [-0.3, -0.25) is 9.59 Å². The fourth-order valence-electron chi connectivity index (χ4n) is 4.66. The third kappa shape index (κ3) is 6.59. The third-order valence-corrected chi connectivity index (χ3v) is 6.78. The molecule has 0 atom stereocenters. The summed E-state index contributed by atoms with van der Waals surface area (Å²) in [7, 11) is 0. The highest BCUT2D eigenvalue weighted by Crippen LogP contribution is 2.30. The number of aromatic amines is 1. The topological polar surface area (TPSA) is 94.2 Å². The lowest BCUT2D eigenvalue weighted by molar-refractivity contribution is -0.139. The van der Waals surface area contributed by atoms with Gasteiger partial charge in [-0.15, -0.1) is 0 Å². The number of carbonyl (C=O) groups is 1. The standard InChI is InChI=1S/C23H26F6N6O2/c24-22(25,26)16-12-32-21(33-13-16)35-7-5-34(6-8-35)20(37)15-1-3-17(4-2-15)30-10-14-9-18(23(27,28)29)19(36)31-11-14/h9,11-13,15,17,30H,1-8,10H2,(H,31,36). The number of nitrogens with one attached hydrogen (secondary N) is 2. The molecule has 1 amide bonds. The van der Waals surface area contributed by atoms with Crippen LogP contribution in [-0.4, -0.2) is 58.0 Å². The van der Waals surface area contributed by atoms with Crippen molar-refractivity contribution in [2.45, 2.75) is 50.6 Å². The SMILES string of the molecule is O=C(C1CCC(NCc2c[nH]c(=O)c(C(F)(F)F)c2)CC1)N1CCN(c2ncc(C(F)(F)F)cn2)CC1. The molecule has 0 aromatic carbocycles. The first kappa shape index (κ1) is 26.9. The molecule has 1 aliphatic carbocycles. The monoisotopic (exact) mass is 532 g/mol. The van der Waals surface area contributed by atoms with E-state index >= 15 is 0 Å². The van der Waals surface area contributed by atoms with Gasteiger partial charge in [0, 0.05) is 63.3 Å². The lowest BCUT2D eigenvalue weighted by atomic mass is 9.85. The molecule has 0 spiro atoms. The third-order valence-electron chi connectivity index (χ3n) is 6.78. The number of hydrogen-bond donors (Lipinski definition) is 2. The average Bonchev–Trinajstić information content (AvgIpc) is 2.87. The van der Waals surface area contributed by atoms with E-state index in [-0.39, 0.29) is 30.4 Å². The second-order valence-corrected chi connectivity index (χ2v) is 9.26. The number of H-pyrrole nitrogens is 1. The molecule has 14 heteroatoms. The van der Waals surface area contributed by atoms with E-state index in [4.69, 9.17) is 0 Å². The highest BCUT2D eigenvalue weighted by Gasteiger charge is 2.35. The van der Waals surface area contributed by atoms with Crippen LogP contribution in [0.3, 0.4) is 0 Å². The van der Waals surface area contributed by atoms with E-state index in [1.54, 1.807) is 9.80 Å². The molecule has 0 unspecified atom stereocenters. The normalized spacial score (nSPS) is 21.2. The Morgan fingerprint density at radius 1 is 0.973 bits per heavy atom. The molecule has 202 valence electrons. The fraction of sp³-hybridized carbons (Fsp3) is 0.565. The van der Waals surface area contributed by atoms with Gasteiger partial charge in [-0.25, -0.2) is 9.97 Å². The van der Waals surface area contributed by atoms with E-state index in [1.165, 1.54) is 6.20 Å². The fourth-order valence-corrected chi connectivity index (χ4v) is 4.66. The summed E-state index contributed by atoms with van der Waals surface area (Å²) >= 11 is 0. The Labute approximate surface area is 208 Å². The molecular weight excluding hydrogens is 506 g/mol. The summed E-state index contributed by atoms with van der Waals surface area (Å²) in [5, 5.41) is 3.21. The number of aromatic nitrogens is 3. The molecule has 1 saturated carbocycles. The van der Waals surface area contributed by atoms with Gasteiger partial charge in [-0.05, 0) is 37.3 Å². The van der Waals surface area contributed by atoms with Crippen molar-refractivity contribution in [2.24, 2.45) is 5.92 Å². The Bertz CT molecular complexity index is 1130. The maximum Gasteiger partial charge on any atom is 0.421 e. The van der Waals surface area contributed by atoms with Crippen LogP contribution in [0.15, 0.2) is 29.5 Å². The molecule has 2 aromatic heterocycles. The Kier molecular flexibility index (Phi) is 7.76. The van der Waals surface area contributed by atoms with Crippen molar-refractivity contribution in [3.05, 3.63) is 51.7 Å². The lowest BCUT2D eigenvalue weighted by Crippen LogP contribution is -2.51. The van der Waals surface area contributed by atoms with Crippen LogP contribution in [0, 0.1) is 5.92 Å². The zero-order valence-corrected chi connectivity index (χ0v) is 19.7. The summed E-state index contributed by atoms with van der Waals surface area (Å²) in [6.45, 7) is 1.81. The molecular formula is C23H26F6N6O2. The first-order valence-electron chi connectivity index (χ1n) is 11.9. The molecule has 0 radical (unpaired) electrons. The van der Waals surface area contributed by atoms with Gasteiger partial charge >= 0.3 is 12.4 Å². The molecule has 2 N–H and O–H groups in total. The second kappa shape index (κ2) is 10.7. The quantitative estimate of drug-likeness (QED) is 0.575.